The first-order valence-corrected chi connectivity index (χ1v) is 18.1. The number of aryl methyl sites for hydroxylation is 7. The fourth-order valence-corrected chi connectivity index (χ4v) is 5.85. The van der Waals surface area contributed by atoms with E-state index in [0.29, 0.717) is 35.3 Å². The second-order valence-corrected chi connectivity index (χ2v) is 13.4. The van der Waals surface area contributed by atoms with Gasteiger partial charge in [0.1, 0.15) is 25.7 Å². The van der Waals surface area contributed by atoms with Gasteiger partial charge < -0.3 is 18.0 Å². The van der Waals surface area contributed by atoms with Crippen molar-refractivity contribution in [3.05, 3.63) is 150 Å². The molecule has 8 rings (SSSR count). The molecule has 0 atom stereocenters. The Morgan fingerprint density at radius 1 is 0.655 bits per heavy atom. The van der Waals surface area contributed by atoms with Crippen molar-refractivity contribution in [2.75, 3.05) is 5.33 Å². The molecule has 6 aromatic heterocycles. The summed E-state index contributed by atoms with van der Waals surface area (Å²) < 4.78 is 17.0. The molecule has 2 aromatic carbocycles. The molecule has 0 aliphatic carbocycles. The third-order valence-corrected chi connectivity index (χ3v) is 8.78. The van der Waals surface area contributed by atoms with E-state index in [2.05, 4.69) is 82.4 Å². The molecule has 55 heavy (non-hydrogen) atoms. The van der Waals surface area contributed by atoms with Crippen molar-refractivity contribution in [2.45, 2.75) is 46.3 Å². The summed E-state index contributed by atoms with van der Waals surface area (Å²) in [6.45, 7) is 4.60. The molecular weight excluding hydrogens is 776 g/mol. The van der Waals surface area contributed by atoms with Crippen molar-refractivity contribution in [1.82, 2.24) is 58.2 Å². The molecular formula is C36H37BrN12O6. The number of rotatable bonds is 9. The highest BCUT2D eigenvalue weighted by Crippen LogP contribution is 2.07. The van der Waals surface area contributed by atoms with Gasteiger partial charge in [0, 0.05) is 19.4 Å². The van der Waals surface area contributed by atoms with Crippen LogP contribution < -0.4 is 22.6 Å². The molecule has 8 aromatic rings. The van der Waals surface area contributed by atoms with Crippen LogP contribution in [-0.4, -0.2) is 63.5 Å². The maximum absolute atomic E-state index is 12.6. The average Bonchev–Trinajstić information content (AvgIpc) is 3.95. The molecule has 284 valence electrons. The third-order valence-electron chi connectivity index (χ3n) is 8.38. The van der Waals surface area contributed by atoms with Crippen LogP contribution in [0.15, 0.2) is 102 Å². The van der Waals surface area contributed by atoms with Crippen LogP contribution >= 0.6 is 15.9 Å². The minimum Gasteiger partial charge on any atom is -0.390 e. The standard InChI is InChI=1S/C18H18N6O3.C9H11Br.C9H8N6O3/c1-12-3-5-13(6-4-12)7-8-24-18(26)27-14(21-24)9-23-11-20-16-15(17(23)25)22(2)10-19-16;1-8-2-4-9(5-3-8)6-7-10;1-14-3-10-7-6(14)8(16)15(4-11-7)2-5-12-13-9(17)18-5/h3-6,10-11H,7-9H2,1-2H3;2-5H,6-7H2,1H3;3-4H,2H2,1H3,(H,13,17). The van der Waals surface area contributed by atoms with E-state index in [4.69, 9.17) is 8.83 Å². The SMILES string of the molecule is Cc1ccc(CCBr)cc1.Cc1ccc(CCn2nc(Cn3cnc4ncn(C)c4c3=O)oc2=O)cc1.Cn1cnc2ncn(Cc3n[nH]c(=O)o3)c(=O)c21. The quantitative estimate of drug-likeness (QED) is 0.209. The molecule has 0 saturated carbocycles. The van der Waals surface area contributed by atoms with Gasteiger partial charge in [-0.05, 0) is 37.8 Å². The first kappa shape index (κ1) is 38.2. The Bertz CT molecular complexity index is 2770. The van der Waals surface area contributed by atoms with Crippen molar-refractivity contribution in [3.63, 3.8) is 0 Å². The molecule has 0 bridgehead atoms. The van der Waals surface area contributed by atoms with E-state index in [9.17, 15) is 19.2 Å². The molecule has 0 spiro atoms. The van der Waals surface area contributed by atoms with Crippen molar-refractivity contribution in [1.29, 1.82) is 0 Å². The normalized spacial score (nSPS) is 11.0. The van der Waals surface area contributed by atoms with Gasteiger partial charge in [-0.2, -0.15) is 4.68 Å². The number of alkyl halides is 1. The van der Waals surface area contributed by atoms with Gasteiger partial charge in [-0.25, -0.2) is 34.6 Å². The summed E-state index contributed by atoms with van der Waals surface area (Å²) in [7, 11) is 3.43. The van der Waals surface area contributed by atoms with E-state index < -0.39 is 11.5 Å². The van der Waals surface area contributed by atoms with E-state index in [1.807, 2.05) is 31.2 Å². The molecule has 6 heterocycles. The highest BCUT2D eigenvalue weighted by molar-refractivity contribution is 9.09. The Morgan fingerprint density at radius 2 is 1.15 bits per heavy atom. The van der Waals surface area contributed by atoms with E-state index in [1.165, 1.54) is 55.8 Å². The van der Waals surface area contributed by atoms with Gasteiger partial charge >= 0.3 is 11.5 Å². The number of aromatic nitrogens is 12. The first-order chi connectivity index (χ1) is 26.5. The molecule has 0 unspecified atom stereocenters. The Balaban J connectivity index is 0.000000157. The van der Waals surface area contributed by atoms with Crippen LogP contribution in [-0.2, 0) is 46.6 Å². The number of aromatic amines is 1. The number of halogens is 1. The number of nitrogens with zero attached hydrogens (tertiary/aromatic N) is 11. The first-order valence-electron chi connectivity index (χ1n) is 17.0. The lowest BCUT2D eigenvalue weighted by atomic mass is 10.1. The minimum absolute atomic E-state index is 0.0275. The van der Waals surface area contributed by atoms with Gasteiger partial charge in [-0.3, -0.25) is 18.7 Å². The number of hydrogen-bond acceptors (Lipinski definition) is 12. The predicted octanol–water partition coefficient (Wildman–Crippen LogP) is 2.67. The van der Waals surface area contributed by atoms with Crippen LogP contribution in [0.25, 0.3) is 22.3 Å². The van der Waals surface area contributed by atoms with Crippen LogP contribution in [0.2, 0.25) is 0 Å². The summed E-state index contributed by atoms with van der Waals surface area (Å²) in [6.07, 6.45) is 7.55. The molecule has 0 radical (unpaired) electrons. The summed E-state index contributed by atoms with van der Waals surface area (Å²) >= 11 is 3.40. The minimum atomic E-state index is -0.660. The largest absolute Gasteiger partial charge is 0.437 e. The van der Waals surface area contributed by atoms with Gasteiger partial charge in [0.05, 0.1) is 19.2 Å². The molecule has 0 amide bonds. The second-order valence-electron chi connectivity index (χ2n) is 12.6. The Morgan fingerprint density at radius 3 is 1.64 bits per heavy atom. The molecule has 1 N–H and O–H groups in total. The van der Waals surface area contributed by atoms with Crippen LogP contribution in [0.4, 0.5) is 0 Å². The number of H-pyrrole nitrogens is 1. The lowest BCUT2D eigenvalue weighted by Crippen LogP contribution is -2.22. The van der Waals surface area contributed by atoms with Crippen LogP contribution in [0.3, 0.4) is 0 Å². The smallest absolute Gasteiger partial charge is 0.390 e. The molecule has 0 aliphatic heterocycles. The molecule has 18 nitrogen and oxygen atoms in total. The molecule has 0 saturated heterocycles. The van der Waals surface area contributed by atoms with Gasteiger partial charge in [0.15, 0.2) is 22.3 Å². The van der Waals surface area contributed by atoms with Crippen molar-refractivity contribution in [2.24, 2.45) is 14.1 Å². The Labute approximate surface area is 319 Å². The van der Waals surface area contributed by atoms with Crippen LogP contribution in [0.1, 0.15) is 34.0 Å². The number of benzene rings is 2. The van der Waals surface area contributed by atoms with Crippen molar-refractivity contribution < 1.29 is 8.83 Å². The zero-order valence-corrected chi connectivity index (χ0v) is 32.0. The summed E-state index contributed by atoms with van der Waals surface area (Å²) in [5.41, 5.74) is 6.02. The summed E-state index contributed by atoms with van der Waals surface area (Å²) in [5.74, 6) is -0.924. The topological polar surface area (TPSA) is 212 Å². The van der Waals surface area contributed by atoms with E-state index in [-0.39, 0.29) is 36.0 Å². The zero-order valence-electron chi connectivity index (χ0n) is 30.4. The zero-order chi connectivity index (χ0) is 39.1. The highest BCUT2D eigenvalue weighted by Gasteiger charge is 2.14. The molecule has 0 fully saturated rings. The van der Waals surface area contributed by atoms with E-state index in [1.54, 1.807) is 23.2 Å². The van der Waals surface area contributed by atoms with E-state index in [0.717, 1.165) is 17.3 Å². The fourth-order valence-electron chi connectivity index (χ4n) is 5.40. The van der Waals surface area contributed by atoms with Gasteiger partial charge in [0.25, 0.3) is 11.1 Å². The average molecular weight is 814 g/mol. The lowest BCUT2D eigenvalue weighted by molar-refractivity contribution is 0.434. The van der Waals surface area contributed by atoms with Gasteiger partial charge in [0.2, 0.25) is 11.8 Å². The van der Waals surface area contributed by atoms with Crippen LogP contribution in [0.5, 0.6) is 0 Å². The predicted molar refractivity (Wildman–Crippen MR) is 205 cm³/mol. The number of imidazole rings is 2. The number of fused-ring (bicyclic) bond motifs is 2. The molecule has 0 aliphatic rings. The summed E-state index contributed by atoms with van der Waals surface area (Å²) in [5, 5.41) is 11.0. The van der Waals surface area contributed by atoms with Gasteiger partial charge in [-0.1, -0.05) is 75.6 Å². The number of nitrogens with one attached hydrogen (secondary N) is 1. The third kappa shape index (κ3) is 9.36. The summed E-state index contributed by atoms with van der Waals surface area (Å²) in [6, 6.07) is 16.8. The van der Waals surface area contributed by atoms with E-state index >= 15 is 0 Å². The van der Waals surface area contributed by atoms with Gasteiger partial charge in [-0.15, -0.1) is 10.2 Å². The number of hydrogen-bond donors (Lipinski definition) is 1. The maximum atomic E-state index is 12.6. The van der Waals surface area contributed by atoms with Crippen LogP contribution in [0, 0.1) is 13.8 Å². The van der Waals surface area contributed by atoms with Crippen molar-refractivity contribution in [3.8, 4) is 0 Å². The monoisotopic (exact) mass is 812 g/mol. The summed E-state index contributed by atoms with van der Waals surface area (Å²) in [4.78, 5) is 63.7. The fraction of sp³-hybridized carbons (Fsp3) is 0.278. The molecule has 19 heteroatoms. The van der Waals surface area contributed by atoms with Crippen molar-refractivity contribution >= 4 is 38.3 Å². The maximum Gasteiger partial charge on any atom is 0.437 e. The highest BCUT2D eigenvalue weighted by atomic mass is 79.9. The Kier molecular flexibility index (Phi) is 11.9. The lowest BCUT2D eigenvalue weighted by Gasteiger charge is -2.02. The Hall–Kier alpha value is -6.50. The second kappa shape index (κ2) is 17.1.